The van der Waals surface area contributed by atoms with Crippen molar-refractivity contribution in [3.63, 3.8) is 0 Å². The van der Waals surface area contributed by atoms with Crippen LogP contribution in [0.4, 0.5) is 0 Å². The summed E-state index contributed by atoms with van der Waals surface area (Å²) in [5.41, 5.74) is 0.0179. The summed E-state index contributed by atoms with van der Waals surface area (Å²) in [6.45, 7) is 6.04. The lowest BCUT2D eigenvalue weighted by Crippen LogP contribution is -2.23. The van der Waals surface area contributed by atoms with E-state index in [2.05, 4.69) is 23.8 Å². The summed E-state index contributed by atoms with van der Waals surface area (Å²) in [5.74, 6) is 0.228. The molecule has 2 rings (SSSR count). The molecule has 2 unspecified atom stereocenters. The van der Waals surface area contributed by atoms with Crippen LogP contribution >= 0.6 is 11.8 Å². The van der Waals surface area contributed by atoms with Crippen LogP contribution in [0.15, 0.2) is 9.82 Å². The maximum absolute atomic E-state index is 11.5. The van der Waals surface area contributed by atoms with Crippen molar-refractivity contribution in [1.29, 1.82) is 0 Å². The van der Waals surface area contributed by atoms with Crippen LogP contribution < -0.4 is 5.69 Å². The van der Waals surface area contributed by atoms with Crippen molar-refractivity contribution < 1.29 is 9.90 Å². The Morgan fingerprint density at radius 1 is 1.30 bits per heavy atom. The first-order chi connectivity index (χ1) is 9.36. The van der Waals surface area contributed by atoms with Gasteiger partial charge in [-0.1, -0.05) is 13.8 Å². The second kappa shape index (κ2) is 5.99. The number of carboxylic acid groups (broad SMARTS) is 1. The van der Waals surface area contributed by atoms with Gasteiger partial charge in [-0.3, -0.25) is 0 Å². The Morgan fingerprint density at radius 2 is 1.90 bits per heavy atom. The van der Waals surface area contributed by atoms with Gasteiger partial charge in [0.05, 0.1) is 0 Å². The third-order valence-corrected chi connectivity index (χ3v) is 4.95. The second-order valence-electron chi connectivity index (χ2n) is 5.81. The largest absolute Gasteiger partial charge is 0.478 e. The minimum atomic E-state index is -1.04. The molecule has 20 heavy (non-hydrogen) atoms. The average Bonchev–Trinajstić information content (AvgIpc) is 2.25. The maximum atomic E-state index is 11.5. The molecule has 6 heteroatoms. The first-order valence-corrected chi connectivity index (χ1v) is 7.75. The molecule has 1 aromatic heterocycles. The fourth-order valence-corrected chi connectivity index (χ4v) is 4.68. The van der Waals surface area contributed by atoms with Crippen molar-refractivity contribution >= 4 is 17.7 Å². The molecule has 0 bridgehead atoms. The highest BCUT2D eigenvalue weighted by Gasteiger charge is 2.27. The van der Waals surface area contributed by atoms with Gasteiger partial charge in [0.15, 0.2) is 0 Å². The second-order valence-corrected chi connectivity index (χ2v) is 7.10. The molecule has 0 spiro atoms. The summed E-state index contributed by atoms with van der Waals surface area (Å²) >= 11 is 1.44. The number of hydrogen-bond acceptors (Lipinski definition) is 4. The van der Waals surface area contributed by atoms with Crippen LogP contribution in [0.1, 0.15) is 49.2 Å². The number of nitrogens with one attached hydrogen (secondary N) is 1. The highest BCUT2D eigenvalue weighted by atomic mass is 32.2. The molecule has 0 aliphatic heterocycles. The summed E-state index contributed by atoms with van der Waals surface area (Å²) in [6.07, 6.45) is 3.30. The van der Waals surface area contributed by atoms with Crippen LogP contribution in [0.25, 0.3) is 0 Å². The molecule has 2 N–H and O–H groups in total. The first-order valence-electron chi connectivity index (χ1n) is 6.87. The van der Waals surface area contributed by atoms with Crippen LogP contribution in [0.3, 0.4) is 0 Å². The molecule has 1 aliphatic rings. The van der Waals surface area contributed by atoms with Gasteiger partial charge in [0, 0.05) is 10.9 Å². The Morgan fingerprint density at radius 3 is 2.45 bits per heavy atom. The predicted octanol–water partition coefficient (Wildman–Crippen LogP) is 2.69. The van der Waals surface area contributed by atoms with E-state index in [4.69, 9.17) is 0 Å². The van der Waals surface area contributed by atoms with Crippen LogP contribution in [-0.4, -0.2) is 26.3 Å². The zero-order chi connectivity index (χ0) is 14.9. The van der Waals surface area contributed by atoms with Crippen molar-refractivity contribution in [2.75, 3.05) is 0 Å². The summed E-state index contributed by atoms with van der Waals surface area (Å²) in [7, 11) is 0. The number of rotatable bonds is 3. The highest BCUT2D eigenvalue weighted by Crippen LogP contribution is 2.38. The van der Waals surface area contributed by atoms with Crippen LogP contribution in [0.2, 0.25) is 0 Å². The van der Waals surface area contributed by atoms with E-state index in [0.29, 0.717) is 27.8 Å². The van der Waals surface area contributed by atoms with E-state index in [1.165, 1.54) is 18.2 Å². The van der Waals surface area contributed by atoms with E-state index in [1.807, 2.05) is 0 Å². The topological polar surface area (TPSA) is 83.0 Å². The fraction of sp³-hybridized carbons (Fsp3) is 0.643. The summed E-state index contributed by atoms with van der Waals surface area (Å²) in [6, 6.07) is 0. The van der Waals surface area contributed by atoms with Gasteiger partial charge >= 0.3 is 11.7 Å². The molecule has 1 heterocycles. The normalized spacial score (nSPS) is 26.4. The minimum Gasteiger partial charge on any atom is -0.478 e. The number of aromatic carboxylic acids is 1. The van der Waals surface area contributed by atoms with E-state index >= 15 is 0 Å². The van der Waals surface area contributed by atoms with Gasteiger partial charge in [-0.25, -0.2) is 9.59 Å². The van der Waals surface area contributed by atoms with Gasteiger partial charge in [-0.2, -0.15) is 4.98 Å². The standard InChI is InChI=1S/C14H20N2O3S/c1-7-4-8(2)6-10(5-7)20-12-11(13(17)18)9(3)15-14(19)16-12/h7-8,10H,4-6H2,1-3H3,(H,17,18)(H,15,16,19). The predicted molar refractivity (Wildman–Crippen MR) is 78.4 cm³/mol. The van der Waals surface area contributed by atoms with E-state index in [9.17, 15) is 14.7 Å². The van der Waals surface area contributed by atoms with E-state index < -0.39 is 11.7 Å². The fourth-order valence-electron chi connectivity index (χ4n) is 3.02. The third-order valence-electron chi connectivity index (χ3n) is 3.71. The zero-order valence-electron chi connectivity index (χ0n) is 12.0. The lowest BCUT2D eigenvalue weighted by Gasteiger charge is -2.30. The van der Waals surface area contributed by atoms with Crippen molar-refractivity contribution in [2.45, 2.75) is 50.3 Å². The van der Waals surface area contributed by atoms with Crippen molar-refractivity contribution in [2.24, 2.45) is 11.8 Å². The zero-order valence-corrected chi connectivity index (χ0v) is 12.8. The maximum Gasteiger partial charge on any atom is 0.346 e. The summed E-state index contributed by atoms with van der Waals surface area (Å²) in [5, 5.41) is 9.98. The molecule has 0 aromatic carbocycles. The quantitative estimate of drug-likeness (QED) is 0.838. The van der Waals surface area contributed by atoms with E-state index in [0.717, 1.165) is 12.8 Å². The van der Waals surface area contributed by atoms with E-state index in [-0.39, 0.29) is 5.56 Å². The Hall–Kier alpha value is -1.30. The number of aromatic amines is 1. The van der Waals surface area contributed by atoms with Gasteiger partial charge < -0.3 is 10.1 Å². The molecule has 110 valence electrons. The lowest BCUT2D eigenvalue weighted by molar-refractivity contribution is 0.0690. The van der Waals surface area contributed by atoms with Crippen LogP contribution in [0.5, 0.6) is 0 Å². The lowest BCUT2D eigenvalue weighted by atomic mass is 9.83. The van der Waals surface area contributed by atoms with Gasteiger partial charge in [-0.05, 0) is 38.0 Å². The Balaban J connectivity index is 2.28. The number of aromatic nitrogens is 2. The molecule has 0 radical (unpaired) electrons. The minimum absolute atomic E-state index is 0.125. The van der Waals surface area contributed by atoms with Crippen molar-refractivity contribution in [3.8, 4) is 0 Å². The number of H-pyrrole nitrogens is 1. The number of carbonyl (C=O) groups is 1. The third kappa shape index (κ3) is 3.42. The summed E-state index contributed by atoms with van der Waals surface area (Å²) < 4.78 is 0. The van der Waals surface area contributed by atoms with Crippen molar-refractivity contribution in [3.05, 3.63) is 21.7 Å². The monoisotopic (exact) mass is 296 g/mol. The van der Waals surface area contributed by atoms with Gasteiger partial charge in [0.25, 0.3) is 0 Å². The van der Waals surface area contributed by atoms with Gasteiger partial charge in [0.1, 0.15) is 10.6 Å². The molecular weight excluding hydrogens is 276 g/mol. The molecule has 0 amide bonds. The molecule has 1 aliphatic carbocycles. The summed E-state index contributed by atoms with van der Waals surface area (Å²) in [4.78, 5) is 29.2. The SMILES string of the molecule is Cc1[nH]c(=O)nc(SC2CC(C)CC(C)C2)c1C(=O)O. The number of hydrogen-bond donors (Lipinski definition) is 2. The van der Waals surface area contributed by atoms with Gasteiger partial charge in [-0.15, -0.1) is 11.8 Å². The number of aryl methyl sites for hydroxylation is 1. The van der Waals surface area contributed by atoms with E-state index in [1.54, 1.807) is 6.92 Å². The highest BCUT2D eigenvalue weighted by molar-refractivity contribution is 7.99. The van der Waals surface area contributed by atoms with Crippen molar-refractivity contribution in [1.82, 2.24) is 9.97 Å². The van der Waals surface area contributed by atoms with Gasteiger partial charge in [0.2, 0.25) is 0 Å². The Labute approximate surface area is 122 Å². The number of thioether (sulfide) groups is 1. The number of carboxylic acids is 1. The Bertz CT molecular complexity index is 560. The molecule has 1 aromatic rings. The molecular formula is C14H20N2O3S. The first kappa shape index (κ1) is 15.1. The molecule has 0 saturated heterocycles. The molecule has 5 nitrogen and oxygen atoms in total. The molecule has 2 atom stereocenters. The van der Waals surface area contributed by atoms with Crippen LogP contribution in [-0.2, 0) is 0 Å². The molecule has 1 saturated carbocycles. The van der Waals surface area contributed by atoms with Crippen LogP contribution in [0, 0.1) is 18.8 Å². The Kier molecular flexibility index (Phi) is 4.52. The number of nitrogens with zero attached hydrogens (tertiary/aromatic N) is 1. The molecule has 1 fully saturated rings. The smallest absolute Gasteiger partial charge is 0.346 e. The average molecular weight is 296 g/mol.